The Morgan fingerprint density at radius 2 is 2.03 bits per heavy atom. The summed E-state index contributed by atoms with van der Waals surface area (Å²) in [5, 5.41) is 19.0. The Labute approximate surface area is 178 Å². The molecule has 4 amide bonds. The molecule has 11 heteroatoms. The molecular weight excluding hydrogens is 412 g/mol. The number of carbonyl (C=O) groups is 4. The summed E-state index contributed by atoms with van der Waals surface area (Å²) in [6, 6.07) is -0.0924. The molecule has 0 radical (unpaired) electrons. The van der Waals surface area contributed by atoms with E-state index in [4.69, 9.17) is 4.74 Å². The number of allylic oxidation sites excluding steroid dienone is 1. The minimum atomic E-state index is -1.22. The highest BCUT2D eigenvalue weighted by Crippen LogP contribution is 2.44. The number of fused-ring (bicyclic) bond motifs is 1. The van der Waals surface area contributed by atoms with Crippen molar-refractivity contribution in [2.75, 3.05) is 6.54 Å². The van der Waals surface area contributed by atoms with Gasteiger partial charge in [-0.15, -0.1) is 11.8 Å². The van der Waals surface area contributed by atoms with Crippen LogP contribution in [0.5, 0.6) is 0 Å². The van der Waals surface area contributed by atoms with Crippen LogP contribution in [0.3, 0.4) is 0 Å². The van der Waals surface area contributed by atoms with E-state index in [1.54, 1.807) is 11.8 Å². The van der Waals surface area contributed by atoms with Gasteiger partial charge >= 0.3 is 12.0 Å². The third-order valence-electron chi connectivity index (χ3n) is 5.87. The second-order valence-electron chi connectivity index (χ2n) is 7.98. The Kier molecular flexibility index (Phi) is 6.19. The third kappa shape index (κ3) is 4.27. The number of hydrogen-bond donors (Lipinski definition) is 4. The molecule has 4 saturated heterocycles. The quantitative estimate of drug-likeness (QED) is 0.157. The van der Waals surface area contributed by atoms with Crippen molar-refractivity contribution in [3.8, 4) is 0 Å². The smallest absolute Gasteiger partial charge is 0.315 e. The van der Waals surface area contributed by atoms with Crippen molar-refractivity contribution in [2.45, 2.75) is 74.8 Å². The molecule has 4 aliphatic heterocycles. The first-order chi connectivity index (χ1) is 14.4. The van der Waals surface area contributed by atoms with Crippen molar-refractivity contribution in [2.24, 2.45) is 0 Å². The third-order valence-corrected chi connectivity index (χ3v) is 7.45. The zero-order valence-corrected chi connectivity index (χ0v) is 17.3. The van der Waals surface area contributed by atoms with E-state index in [9.17, 15) is 24.4 Å². The van der Waals surface area contributed by atoms with Crippen LogP contribution in [0.4, 0.5) is 4.79 Å². The number of hydroxylamine groups is 2. The van der Waals surface area contributed by atoms with E-state index >= 15 is 0 Å². The summed E-state index contributed by atoms with van der Waals surface area (Å²) < 4.78 is 5.02. The van der Waals surface area contributed by atoms with Gasteiger partial charge in [0.2, 0.25) is 0 Å². The van der Waals surface area contributed by atoms with Gasteiger partial charge in [0.15, 0.2) is 6.10 Å². The lowest BCUT2D eigenvalue weighted by molar-refractivity contribution is -0.176. The lowest BCUT2D eigenvalue weighted by Gasteiger charge is -2.21. The largest absolute Gasteiger partial charge is 0.452 e. The summed E-state index contributed by atoms with van der Waals surface area (Å²) in [7, 11) is 0. The van der Waals surface area contributed by atoms with Gasteiger partial charge < -0.3 is 20.7 Å². The molecule has 0 aliphatic carbocycles. The van der Waals surface area contributed by atoms with Crippen molar-refractivity contribution < 1.29 is 29.1 Å². The maximum Gasteiger partial charge on any atom is 0.315 e. The van der Waals surface area contributed by atoms with Gasteiger partial charge in [0.1, 0.15) is 0 Å². The second kappa shape index (κ2) is 8.84. The van der Waals surface area contributed by atoms with Gasteiger partial charge in [-0.25, -0.2) is 4.79 Å². The first-order valence-electron chi connectivity index (χ1n) is 10.4. The van der Waals surface area contributed by atoms with Crippen LogP contribution in [0, 0.1) is 0 Å². The SMILES string of the molecule is O=C1N[C@@H]2[C@H](N1)/C(=C1\CCCCN1)S[C@@H]2CCCCC(=O)OC1CC(=O)N(O)C1=O. The van der Waals surface area contributed by atoms with Crippen LogP contribution in [0.1, 0.15) is 51.4 Å². The lowest BCUT2D eigenvalue weighted by atomic mass is 9.99. The first-order valence-corrected chi connectivity index (χ1v) is 11.3. The van der Waals surface area contributed by atoms with E-state index in [-0.39, 0.29) is 41.3 Å². The Hall–Kier alpha value is -2.27. The Morgan fingerprint density at radius 1 is 1.20 bits per heavy atom. The molecule has 4 fully saturated rings. The Bertz CT molecular complexity index is 779. The number of nitrogens with zero attached hydrogens (tertiary/aromatic N) is 1. The fraction of sp³-hybridized carbons (Fsp3) is 0.684. The van der Waals surface area contributed by atoms with Gasteiger partial charge in [-0.2, -0.15) is 5.06 Å². The second-order valence-corrected chi connectivity index (χ2v) is 9.26. The van der Waals surface area contributed by atoms with E-state index < -0.39 is 23.9 Å². The van der Waals surface area contributed by atoms with Crippen LogP contribution in [0.15, 0.2) is 10.6 Å². The molecule has 4 rings (SSSR count). The van der Waals surface area contributed by atoms with Crippen LogP contribution in [0.2, 0.25) is 0 Å². The first kappa shape index (κ1) is 21.0. The van der Waals surface area contributed by atoms with Crippen molar-refractivity contribution in [3.63, 3.8) is 0 Å². The van der Waals surface area contributed by atoms with E-state index in [0.717, 1.165) is 38.6 Å². The monoisotopic (exact) mass is 438 g/mol. The number of thioether (sulfide) groups is 1. The van der Waals surface area contributed by atoms with Gasteiger partial charge in [-0.05, 0) is 32.1 Å². The predicted octanol–water partition coefficient (Wildman–Crippen LogP) is 0.757. The standard InChI is InChI=1S/C19H26N4O6S/c24-13-9-11(18(26)23(13)28)29-14(25)7-2-1-6-12-15-16(22-19(27)21-15)17(30-12)10-5-3-4-8-20-10/h11-12,15-16,20,28H,1-9H2,(H2,21,22,27)/b17-10-/t11?,12-,15+,16+/m1/s1. The number of carbonyl (C=O) groups excluding carboxylic acids is 4. The van der Waals surface area contributed by atoms with E-state index in [1.807, 2.05) is 0 Å². The zero-order valence-electron chi connectivity index (χ0n) is 16.5. The van der Waals surface area contributed by atoms with Crippen LogP contribution < -0.4 is 16.0 Å². The molecule has 4 atom stereocenters. The fourth-order valence-electron chi connectivity index (χ4n) is 4.33. The average molecular weight is 439 g/mol. The van der Waals surface area contributed by atoms with Crippen molar-refractivity contribution in [1.82, 2.24) is 21.0 Å². The molecule has 0 bridgehead atoms. The highest BCUT2D eigenvalue weighted by Gasteiger charge is 2.47. The summed E-state index contributed by atoms with van der Waals surface area (Å²) in [6.45, 7) is 0.966. The van der Waals surface area contributed by atoms with Crippen molar-refractivity contribution >= 4 is 35.6 Å². The van der Waals surface area contributed by atoms with Gasteiger partial charge in [-0.3, -0.25) is 19.6 Å². The number of piperidine rings is 1. The van der Waals surface area contributed by atoms with Crippen LogP contribution in [-0.2, 0) is 19.1 Å². The van der Waals surface area contributed by atoms with Crippen molar-refractivity contribution in [3.05, 3.63) is 10.6 Å². The van der Waals surface area contributed by atoms with E-state index in [0.29, 0.717) is 6.42 Å². The molecule has 0 aromatic carbocycles. The van der Waals surface area contributed by atoms with Gasteiger partial charge in [-0.1, -0.05) is 6.42 Å². The maximum absolute atomic E-state index is 12.0. The maximum atomic E-state index is 12.0. The molecular formula is C19H26N4O6S. The lowest BCUT2D eigenvalue weighted by Crippen LogP contribution is -2.37. The minimum absolute atomic E-state index is 0.00286. The number of rotatable bonds is 6. The molecule has 0 spiro atoms. The molecule has 4 heterocycles. The normalized spacial score (nSPS) is 33.2. The van der Waals surface area contributed by atoms with E-state index in [2.05, 4.69) is 16.0 Å². The summed E-state index contributed by atoms with van der Waals surface area (Å²) in [6.07, 6.45) is 4.10. The Balaban J connectivity index is 1.25. The number of nitrogens with one attached hydrogen (secondary N) is 3. The van der Waals surface area contributed by atoms with Crippen molar-refractivity contribution in [1.29, 1.82) is 0 Å². The van der Waals surface area contributed by atoms with Gasteiger partial charge in [0.05, 0.1) is 18.5 Å². The number of unbranched alkanes of at least 4 members (excludes halogenated alkanes) is 1. The highest BCUT2D eigenvalue weighted by atomic mass is 32.2. The molecule has 10 nitrogen and oxygen atoms in total. The number of amides is 4. The topological polar surface area (TPSA) is 137 Å². The Morgan fingerprint density at radius 3 is 2.73 bits per heavy atom. The number of ether oxygens (including phenoxy) is 1. The molecule has 1 unspecified atom stereocenters. The number of hydrogen-bond acceptors (Lipinski definition) is 8. The highest BCUT2D eigenvalue weighted by molar-refractivity contribution is 8.04. The van der Waals surface area contributed by atoms with Gasteiger partial charge in [0.25, 0.3) is 11.8 Å². The zero-order chi connectivity index (χ0) is 21.3. The molecule has 30 heavy (non-hydrogen) atoms. The summed E-state index contributed by atoms with van der Waals surface area (Å²) in [5.41, 5.74) is 1.24. The molecule has 4 aliphatic rings. The predicted molar refractivity (Wildman–Crippen MR) is 106 cm³/mol. The molecule has 0 aromatic rings. The summed E-state index contributed by atoms with van der Waals surface area (Å²) in [5.74, 6) is -2.23. The number of imide groups is 1. The summed E-state index contributed by atoms with van der Waals surface area (Å²) >= 11 is 1.81. The van der Waals surface area contributed by atoms with Crippen LogP contribution in [0.25, 0.3) is 0 Å². The van der Waals surface area contributed by atoms with E-state index in [1.165, 1.54) is 10.6 Å². The molecule has 0 aromatic heterocycles. The minimum Gasteiger partial charge on any atom is -0.452 e. The molecule has 164 valence electrons. The van der Waals surface area contributed by atoms with Gasteiger partial charge in [0, 0.05) is 28.8 Å². The number of esters is 1. The number of urea groups is 1. The summed E-state index contributed by atoms with van der Waals surface area (Å²) in [4.78, 5) is 47.9. The fourth-order valence-corrected chi connectivity index (χ4v) is 5.98. The average Bonchev–Trinajstić information content (AvgIpc) is 3.34. The molecule has 0 saturated carbocycles. The molecule has 4 N–H and O–H groups in total. The van der Waals surface area contributed by atoms with Crippen LogP contribution >= 0.6 is 11.8 Å². The van der Waals surface area contributed by atoms with Crippen LogP contribution in [-0.4, -0.2) is 64.1 Å².